The number of rotatable bonds is 4. The van der Waals surface area contributed by atoms with E-state index in [0.29, 0.717) is 24.3 Å². The van der Waals surface area contributed by atoms with Crippen molar-refractivity contribution >= 4 is 11.7 Å². The quantitative estimate of drug-likeness (QED) is 0.871. The molecule has 6 nitrogen and oxygen atoms in total. The lowest BCUT2D eigenvalue weighted by atomic mass is 9.78. The number of carbonyl (C=O) groups excluding carboxylic acids is 1. The van der Waals surface area contributed by atoms with E-state index in [0.717, 1.165) is 6.20 Å². The summed E-state index contributed by atoms with van der Waals surface area (Å²) in [4.78, 5) is 19.3. The number of nitrogens with two attached hydrogens (primary N) is 1. The van der Waals surface area contributed by atoms with Crippen LogP contribution in [0.1, 0.15) is 25.3 Å². The Balaban J connectivity index is 2.02. The van der Waals surface area contributed by atoms with Crippen LogP contribution >= 0.6 is 0 Å². The number of hydrogen-bond donors (Lipinski definition) is 1. The van der Waals surface area contributed by atoms with Gasteiger partial charge in [-0.25, -0.2) is 13.6 Å². The standard InChI is InChI=1S/C20H24F2N4O2/c1-13(14-5-4-6-17(28-3)18(14)22)20(2)12-25(9-10-26(20)19(23)27)16-7-8-24-11-15(16)21/h4-8,11,13H,9-10,12H2,1-3H3,(H2,23,27)/t13-,20?/m1/s1. The van der Waals surface area contributed by atoms with Gasteiger partial charge in [-0.15, -0.1) is 0 Å². The van der Waals surface area contributed by atoms with Crippen molar-refractivity contribution in [3.05, 3.63) is 53.9 Å². The molecule has 1 aromatic carbocycles. The van der Waals surface area contributed by atoms with Gasteiger partial charge in [0.05, 0.1) is 24.5 Å². The van der Waals surface area contributed by atoms with Crippen LogP contribution in [0.2, 0.25) is 0 Å². The maximum Gasteiger partial charge on any atom is 0.315 e. The smallest absolute Gasteiger partial charge is 0.315 e. The molecule has 1 aliphatic rings. The van der Waals surface area contributed by atoms with Gasteiger partial charge in [0.25, 0.3) is 0 Å². The van der Waals surface area contributed by atoms with E-state index in [9.17, 15) is 13.6 Å². The van der Waals surface area contributed by atoms with E-state index in [1.54, 1.807) is 24.3 Å². The zero-order valence-electron chi connectivity index (χ0n) is 16.2. The lowest BCUT2D eigenvalue weighted by Gasteiger charge is -2.52. The first kappa shape index (κ1) is 19.9. The third kappa shape index (κ3) is 3.34. The lowest BCUT2D eigenvalue weighted by Crippen LogP contribution is -2.66. The molecule has 2 amide bonds. The van der Waals surface area contributed by atoms with E-state index in [-0.39, 0.29) is 12.3 Å². The number of nitrogens with zero attached hydrogens (tertiary/aromatic N) is 3. The molecule has 0 radical (unpaired) electrons. The molecule has 8 heteroatoms. The number of pyridine rings is 1. The Kier molecular flexibility index (Phi) is 5.40. The number of benzene rings is 1. The largest absolute Gasteiger partial charge is 0.494 e. The lowest BCUT2D eigenvalue weighted by molar-refractivity contribution is 0.0985. The normalized spacial score (nSPS) is 20.8. The topological polar surface area (TPSA) is 71.7 Å². The van der Waals surface area contributed by atoms with Crippen LogP contribution in [0.4, 0.5) is 19.3 Å². The Labute approximate surface area is 162 Å². The van der Waals surface area contributed by atoms with Crippen molar-refractivity contribution in [2.75, 3.05) is 31.6 Å². The zero-order valence-corrected chi connectivity index (χ0v) is 16.2. The fraction of sp³-hybridized carbons (Fsp3) is 0.400. The summed E-state index contributed by atoms with van der Waals surface area (Å²) in [6, 6.07) is 5.91. The molecule has 0 aliphatic carbocycles. The minimum absolute atomic E-state index is 0.131. The molecule has 1 aromatic heterocycles. The Morgan fingerprint density at radius 3 is 2.71 bits per heavy atom. The second kappa shape index (κ2) is 7.61. The number of primary amides is 1. The highest BCUT2D eigenvalue weighted by molar-refractivity contribution is 5.74. The van der Waals surface area contributed by atoms with E-state index in [4.69, 9.17) is 10.5 Å². The highest BCUT2D eigenvalue weighted by Gasteiger charge is 2.45. The number of aromatic nitrogens is 1. The van der Waals surface area contributed by atoms with Crippen molar-refractivity contribution in [1.82, 2.24) is 9.88 Å². The number of methoxy groups -OCH3 is 1. The highest BCUT2D eigenvalue weighted by Crippen LogP contribution is 2.40. The van der Waals surface area contributed by atoms with E-state index in [1.165, 1.54) is 18.2 Å². The van der Waals surface area contributed by atoms with E-state index in [2.05, 4.69) is 4.98 Å². The SMILES string of the molecule is COc1cccc([C@@H](C)C2(C)CN(c3ccncc3F)CCN2C(N)=O)c1F. The first-order chi connectivity index (χ1) is 13.3. The number of ether oxygens (including phenoxy) is 1. The average Bonchev–Trinajstić information content (AvgIpc) is 2.67. The van der Waals surface area contributed by atoms with Gasteiger partial charge in [-0.1, -0.05) is 19.1 Å². The summed E-state index contributed by atoms with van der Waals surface area (Å²) in [7, 11) is 1.40. The molecular weight excluding hydrogens is 366 g/mol. The molecule has 2 heterocycles. The van der Waals surface area contributed by atoms with E-state index < -0.39 is 29.1 Å². The summed E-state index contributed by atoms with van der Waals surface area (Å²) in [5.74, 6) is -1.22. The highest BCUT2D eigenvalue weighted by atomic mass is 19.1. The summed E-state index contributed by atoms with van der Waals surface area (Å²) in [5.41, 5.74) is 5.56. The predicted molar refractivity (Wildman–Crippen MR) is 102 cm³/mol. The van der Waals surface area contributed by atoms with Crippen LogP contribution in [0.25, 0.3) is 0 Å². The fourth-order valence-electron chi connectivity index (χ4n) is 3.94. The third-order valence-electron chi connectivity index (χ3n) is 5.69. The number of halogens is 2. The molecule has 3 rings (SSSR count). The van der Waals surface area contributed by atoms with Crippen LogP contribution in [0, 0.1) is 11.6 Å². The fourth-order valence-corrected chi connectivity index (χ4v) is 3.94. The van der Waals surface area contributed by atoms with Gasteiger partial charge >= 0.3 is 6.03 Å². The average molecular weight is 390 g/mol. The molecule has 0 saturated carbocycles. The summed E-state index contributed by atoms with van der Waals surface area (Å²) < 4.78 is 34.3. The van der Waals surface area contributed by atoms with Crippen molar-refractivity contribution in [1.29, 1.82) is 0 Å². The monoisotopic (exact) mass is 390 g/mol. The van der Waals surface area contributed by atoms with Gasteiger partial charge in [0.1, 0.15) is 0 Å². The first-order valence-corrected chi connectivity index (χ1v) is 9.03. The molecule has 0 spiro atoms. The third-order valence-corrected chi connectivity index (χ3v) is 5.69. The maximum atomic E-state index is 14.9. The summed E-state index contributed by atoms with van der Waals surface area (Å²) >= 11 is 0. The van der Waals surface area contributed by atoms with Crippen molar-refractivity contribution in [3.63, 3.8) is 0 Å². The van der Waals surface area contributed by atoms with Gasteiger partial charge in [-0.2, -0.15) is 0 Å². The minimum Gasteiger partial charge on any atom is -0.494 e. The molecular formula is C20H24F2N4O2. The van der Waals surface area contributed by atoms with Crippen LogP contribution in [0.15, 0.2) is 36.7 Å². The summed E-state index contributed by atoms with van der Waals surface area (Å²) in [6.07, 6.45) is 2.67. The number of anilines is 1. The van der Waals surface area contributed by atoms with Gasteiger partial charge in [-0.05, 0) is 24.6 Å². The zero-order chi connectivity index (χ0) is 20.5. The molecule has 2 aromatic rings. The molecule has 2 atom stereocenters. The number of hydrogen-bond acceptors (Lipinski definition) is 4. The van der Waals surface area contributed by atoms with Gasteiger partial charge < -0.3 is 20.3 Å². The Hall–Kier alpha value is -2.90. The van der Waals surface area contributed by atoms with Crippen LogP contribution in [-0.2, 0) is 0 Å². The van der Waals surface area contributed by atoms with Gasteiger partial charge in [0, 0.05) is 31.7 Å². The maximum absolute atomic E-state index is 14.9. The van der Waals surface area contributed by atoms with Crippen molar-refractivity contribution in [2.24, 2.45) is 5.73 Å². The first-order valence-electron chi connectivity index (χ1n) is 9.03. The van der Waals surface area contributed by atoms with Crippen LogP contribution in [0.3, 0.4) is 0 Å². The van der Waals surface area contributed by atoms with E-state index >= 15 is 0 Å². The second-order valence-electron chi connectivity index (χ2n) is 7.18. The van der Waals surface area contributed by atoms with Crippen molar-refractivity contribution in [3.8, 4) is 5.75 Å². The molecule has 0 bridgehead atoms. The van der Waals surface area contributed by atoms with Crippen molar-refractivity contribution in [2.45, 2.75) is 25.3 Å². The van der Waals surface area contributed by atoms with E-state index in [1.807, 2.05) is 18.7 Å². The predicted octanol–water partition coefficient (Wildman–Crippen LogP) is 3.13. The van der Waals surface area contributed by atoms with Gasteiger partial charge in [-0.3, -0.25) is 4.98 Å². The second-order valence-corrected chi connectivity index (χ2v) is 7.18. The molecule has 2 N–H and O–H groups in total. The Morgan fingerprint density at radius 1 is 1.32 bits per heavy atom. The minimum atomic E-state index is -0.868. The van der Waals surface area contributed by atoms with Crippen molar-refractivity contribution < 1.29 is 18.3 Å². The molecule has 150 valence electrons. The molecule has 1 saturated heterocycles. The molecule has 1 unspecified atom stereocenters. The number of piperazine rings is 1. The Bertz CT molecular complexity index is 879. The van der Waals surface area contributed by atoms with Crippen LogP contribution < -0.4 is 15.4 Å². The molecule has 1 fully saturated rings. The summed E-state index contributed by atoms with van der Waals surface area (Å²) in [5, 5.41) is 0. The number of amides is 2. The van der Waals surface area contributed by atoms with Gasteiger partial charge in [0.15, 0.2) is 17.4 Å². The number of carbonyl (C=O) groups is 1. The summed E-state index contributed by atoms with van der Waals surface area (Å²) in [6.45, 7) is 4.66. The molecule has 28 heavy (non-hydrogen) atoms. The number of urea groups is 1. The van der Waals surface area contributed by atoms with Gasteiger partial charge in [0.2, 0.25) is 0 Å². The van der Waals surface area contributed by atoms with Crippen LogP contribution in [0.5, 0.6) is 5.75 Å². The molecule has 1 aliphatic heterocycles. The Morgan fingerprint density at radius 2 is 2.07 bits per heavy atom. The van der Waals surface area contributed by atoms with Crippen LogP contribution in [-0.4, -0.2) is 48.2 Å².